The maximum atomic E-state index is 15.3. The highest BCUT2D eigenvalue weighted by molar-refractivity contribution is 6.09. The molecule has 6 rings (SSSR count). The van der Waals surface area contributed by atoms with E-state index < -0.39 is 0 Å². The number of carbonyl (C=O) groups is 1. The van der Waals surface area contributed by atoms with Crippen LogP contribution in [0.15, 0.2) is 48.5 Å². The summed E-state index contributed by atoms with van der Waals surface area (Å²) in [6.45, 7) is 7.23. The van der Waals surface area contributed by atoms with Gasteiger partial charge in [0, 0.05) is 35.1 Å². The minimum atomic E-state index is -0.386. The number of carbonyl (C=O) groups excluding carboxylic acids is 1. The maximum absolute atomic E-state index is 15.3. The first-order chi connectivity index (χ1) is 20.1. The molecule has 1 saturated carbocycles. The lowest BCUT2D eigenvalue weighted by atomic mass is 9.84. The van der Waals surface area contributed by atoms with Gasteiger partial charge in [0.1, 0.15) is 11.3 Å². The quantitative estimate of drug-likeness (QED) is 0.335. The summed E-state index contributed by atoms with van der Waals surface area (Å²) in [5, 5.41) is 3.98. The Labute approximate surface area is 244 Å². The number of pyridine rings is 1. The number of likely N-dealkylation sites (tertiary alicyclic amines) is 2. The molecule has 1 aromatic heterocycles. The summed E-state index contributed by atoms with van der Waals surface area (Å²) in [6.07, 6.45) is 12.3. The van der Waals surface area contributed by atoms with E-state index in [9.17, 15) is 4.79 Å². The van der Waals surface area contributed by atoms with Crippen molar-refractivity contribution >= 4 is 16.8 Å². The highest BCUT2D eigenvalue weighted by Crippen LogP contribution is 2.34. The van der Waals surface area contributed by atoms with Crippen LogP contribution in [0.5, 0.6) is 0 Å². The fourth-order valence-electron chi connectivity index (χ4n) is 7.52. The molecule has 5 nitrogen and oxygen atoms in total. The summed E-state index contributed by atoms with van der Waals surface area (Å²) in [5.74, 6) is 0.00260. The molecule has 6 heteroatoms. The normalized spacial score (nSPS) is 20.7. The summed E-state index contributed by atoms with van der Waals surface area (Å²) in [6, 6.07) is 15.8. The van der Waals surface area contributed by atoms with E-state index in [1.807, 2.05) is 36.4 Å². The molecule has 3 aromatic rings. The molecule has 1 aliphatic carbocycles. The van der Waals surface area contributed by atoms with Crippen LogP contribution in [-0.4, -0.2) is 59.0 Å². The van der Waals surface area contributed by atoms with Gasteiger partial charge in [0.2, 0.25) is 0 Å². The second-order valence-corrected chi connectivity index (χ2v) is 12.6. The first kappa shape index (κ1) is 28.3. The number of nitrogens with zero attached hydrogens (tertiary/aromatic N) is 3. The molecule has 1 atom stereocenters. The predicted molar refractivity (Wildman–Crippen MR) is 164 cm³/mol. The molecule has 2 aromatic carbocycles. The average molecular weight is 557 g/mol. The van der Waals surface area contributed by atoms with E-state index in [4.69, 9.17) is 4.98 Å². The smallest absolute Gasteiger partial charge is 0.252 e. The van der Waals surface area contributed by atoms with E-state index >= 15 is 4.39 Å². The molecule has 3 aliphatic rings. The van der Waals surface area contributed by atoms with Crippen LogP contribution in [0.3, 0.4) is 0 Å². The van der Waals surface area contributed by atoms with Gasteiger partial charge in [-0.2, -0.15) is 0 Å². The number of amides is 1. The van der Waals surface area contributed by atoms with Gasteiger partial charge in [0.15, 0.2) is 0 Å². The van der Waals surface area contributed by atoms with Crippen molar-refractivity contribution in [1.29, 1.82) is 0 Å². The Hall–Kier alpha value is -2.83. The monoisotopic (exact) mass is 556 g/mol. The van der Waals surface area contributed by atoms with Crippen molar-refractivity contribution in [2.75, 3.05) is 26.2 Å². The molecule has 0 radical (unpaired) electrons. The van der Waals surface area contributed by atoms with Crippen molar-refractivity contribution in [2.24, 2.45) is 5.92 Å². The highest BCUT2D eigenvalue weighted by atomic mass is 19.1. The van der Waals surface area contributed by atoms with Gasteiger partial charge in [-0.1, -0.05) is 68.1 Å². The Kier molecular flexibility index (Phi) is 8.97. The molecule has 2 aliphatic heterocycles. The van der Waals surface area contributed by atoms with Gasteiger partial charge >= 0.3 is 0 Å². The van der Waals surface area contributed by atoms with Gasteiger partial charge in [0.25, 0.3) is 5.91 Å². The minimum absolute atomic E-state index is 0.0767. The molecule has 1 N–H and O–H groups in total. The summed E-state index contributed by atoms with van der Waals surface area (Å²) in [5.41, 5.74) is 3.42. The number of hydrogen-bond donors (Lipinski definition) is 1. The van der Waals surface area contributed by atoms with E-state index in [0.29, 0.717) is 29.5 Å². The van der Waals surface area contributed by atoms with Gasteiger partial charge in [-0.05, 0) is 83.6 Å². The van der Waals surface area contributed by atoms with Crippen molar-refractivity contribution in [2.45, 2.75) is 89.8 Å². The van der Waals surface area contributed by atoms with Crippen LogP contribution in [0.4, 0.5) is 4.39 Å². The largest absolute Gasteiger partial charge is 0.349 e. The third-order valence-corrected chi connectivity index (χ3v) is 9.90. The second kappa shape index (κ2) is 13.0. The van der Waals surface area contributed by atoms with E-state index in [2.05, 4.69) is 22.0 Å². The lowest BCUT2D eigenvalue weighted by Crippen LogP contribution is -2.46. The number of benzene rings is 2. The first-order valence-corrected chi connectivity index (χ1v) is 16.0. The summed E-state index contributed by atoms with van der Waals surface area (Å²) in [4.78, 5) is 24.3. The summed E-state index contributed by atoms with van der Waals surface area (Å²) >= 11 is 0. The van der Waals surface area contributed by atoms with Crippen LogP contribution in [0.25, 0.3) is 22.2 Å². The Morgan fingerprint density at radius 2 is 1.61 bits per heavy atom. The fourth-order valence-corrected chi connectivity index (χ4v) is 7.52. The van der Waals surface area contributed by atoms with Gasteiger partial charge in [-0.25, -0.2) is 9.37 Å². The molecule has 41 heavy (non-hydrogen) atoms. The molecule has 2 saturated heterocycles. The van der Waals surface area contributed by atoms with Crippen LogP contribution < -0.4 is 5.32 Å². The van der Waals surface area contributed by atoms with Gasteiger partial charge < -0.3 is 10.2 Å². The Bertz CT molecular complexity index is 1330. The Morgan fingerprint density at radius 3 is 2.34 bits per heavy atom. The molecular weight excluding hydrogens is 511 g/mol. The average Bonchev–Trinajstić information content (AvgIpc) is 3.02. The van der Waals surface area contributed by atoms with Gasteiger partial charge in [-0.15, -0.1) is 0 Å². The number of nitrogens with one attached hydrogen (secondary N) is 1. The fraction of sp³-hybridized carbons (Fsp3) is 0.543. The number of fused-ring (bicyclic) bond motifs is 1. The molecule has 3 fully saturated rings. The Morgan fingerprint density at radius 1 is 0.902 bits per heavy atom. The second-order valence-electron chi connectivity index (χ2n) is 12.6. The molecule has 1 amide bonds. The van der Waals surface area contributed by atoms with Crippen LogP contribution in [-0.2, 0) is 6.54 Å². The number of piperidine rings is 2. The minimum Gasteiger partial charge on any atom is -0.349 e. The number of halogens is 1. The van der Waals surface area contributed by atoms with Crippen molar-refractivity contribution in [3.63, 3.8) is 0 Å². The Balaban J connectivity index is 1.36. The van der Waals surface area contributed by atoms with Crippen LogP contribution in [0.1, 0.15) is 87.1 Å². The van der Waals surface area contributed by atoms with Crippen LogP contribution >= 0.6 is 0 Å². The van der Waals surface area contributed by atoms with Gasteiger partial charge in [-0.3, -0.25) is 9.69 Å². The van der Waals surface area contributed by atoms with E-state index in [1.54, 1.807) is 6.07 Å². The number of aromatic nitrogens is 1. The number of hydrogen-bond acceptors (Lipinski definition) is 4. The zero-order valence-corrected chi connectivity index (χ0v) is 24.6. The lowest BCUT2D eigenvalue weighted by molar-refractivity contribution is 0.0878. The van der Waals surface area contributed by atoms with E-state index in [1.165, 1.54) is 57.7 Å². The lowest BCUT2D eigenvalue weighted by Gasteiger charge is -2.40. The van der Waals surface area contributed by atoms with Crippen molar-refractivity contribution in [3.8, 4) is 11.3 Å². The molecule has 0 bridgehead atoms. The van der Waals surface area contributed by atoms with Crippen molar-refractivity contribution in [1.82, 2.24) is 20.1 Å². The highest BCUT2D eigenvalue weighted by Gasteiger charge is 2.30. The summed E-state index contributed by atoms with van der Waals surface area (Å²) in [7, 11) is 0. The third kappa shape index (κ3) is 6.34. The number of para-hydroxylation sites is 1. The molecule has 218 valence electrons. The molecular formula is C35H45FN4O. The van der Waals surface area contributed by atoms with Crippen LogP contribution in [0, 0.1) is 11.7 Å². The summed E-state index contributed by atoms with van der Waals surface area (Å²) < 4.78 is 15.3. The molecule has 3 heterocycles. The molecule has 0 spiro atoms. The third-order valence-electron chi connectivity index (χ3n) is 9.90. The topological polar surface area (TPSA) is 48.5 Å². The first-order valence-electron chi connectivity index (χ1n) is 16.0. The zero-order valence-electron chi connectivity index (χ0n) is 24.6. The zero-order chi connectivity index (χ0) is 28.2. The van der Waals surface area contributed by atoms with E-state index in [0.717, 1.165) is 55.6 Å². The SMILES string of the molecule is C[C@H](NC(=O)c1c(CN2CCC(N3CCCCC3)CC2)c(-c2ccccc2)nc2c(F)cccc12)C1CCCCC1. The van der Waals surface area contributed by atoms with Crippen LogP contribution in [0.2, 0.25) is 0 Å². The standard InChI is InChI=1S/C35H45FN4O/c1-25(26-12-5-2-6-13-26)37-35(41)32-29-16-11-17-31(36)34(29)38-33(27-14-7-3-8-15-27)30(32)24-39-22-18-28(19-23-39)40-20-9-4-10-21-40/h3,7-8,11,14-17,25-26,28H,2,4-6,9-10,12-13,18-24H2,1H3,(H,37,41)/t25-/m0/s1. The maximum Gasteiger partial charge on any atom is 0.252 e. The molecule has 0 unspecified atom stereocenters. The van der Waals surface area contributed by atoms with Crippen molar-refractivity contribution < 1.29 is 9.18 Å². The van der Waals surface area contributed by atoms with E-state index in [-0.39, 0.29) is 23.3 Å². The van der Waals surface area contributed by atoms with Gasteiger partial charge in [0.05, 0.1) is 11.3 Å². The predicted octanol–water partition coefficient (Wildman–Crippen LogP) is 7.19. The van der Waals surface area contributed by atoms with Crippen molar-refractivity contribution in [3.05, 3.63) is 65.5 Å². The number of rotatable bonds is 7.